The van der Waals surface area contributed by atoms with Crippen molar-refractivity contribution in [3.05, 3.63) is 59.7 Å². The van der Waals surface area contributed by atoms with Crippen LogP contribution in [0.3, 0.4) is 0 Å². The van der Waals surface area contributed by atoms with Gasteiger partial charge in [0.1, 0.15) is 0 Å². The molecular weight excluding hydrogens is 312 g/mol. The molecule has 1 saturated heterocycles. The molecule has 4 nitrogen and oxygen atoms in total. The molecule has 1 fully saturated rings. The first-order chi connectivity index (χ1) is 12.1. The second-order valence-electron chi connectivity index (χ2n) is 6.58. The second-order valence-corrected chi connectivity index (χ2v) is 6.58. The minimum atomic E-state index is -0.143. The zero-order valence-corrected chi connectivity index (χ0v) is 14.8. The molecule has 2 amide bonds. The van der Waals surface area contributed by atoms with Gasteiger partial charge in [0.2, 0.25) is 5.91 Å². The molecule has 0 bridgehead atoms. The highest BCUT2D eigenvalue weighted by molar-refractivity contribution is 6.04. The molecule has 1 aliphatic heterocycles. The summed E-state index contributed by atoms with van der Waals surface area (Å²) >= 11 is 0. The van der Waals surface area contributed by atoms with E-state index in [2.05, 4.69) is 31.3 Å². The van der Waals surface area contributed by atoms with Gasteiger partial charge in [-0.15, -0.1) is 0 Å². The fourth-order valence-corrected chi connectivity index (χ4v) is 3.05. The summed E-state index contributed by atoms with van der Waals surface area (Å²) in [5.74, 6) is 0.528. The predicted octanol–water partition coefficient (Wildman–Crippen LogP) is 4.58. The summed E-state index contributed by atoms with van der Waals surface area (Å²) in [6, 6.07) is 15.2. The van der Waals surface area contributed by atoms with Gasteiger partial charge < -0.3 is 10.2 Å². The number of rotatable bonds is 5. The SMILES string of the molecule is CCC(C)c1ccc(NC(=O)c2ccc(N3CCCC3=O)cc2)cc1. The number of hydrogen-bond donors (Lipinski definition) is 1. The molecule has 1 aliphatic rings. The molecule has 2 aromatic carbocycles. The van der Waals surface area contributed by atoms with Crippen LogP contribution in [0.2, 0.25) is 0 Å². The van der Waals surface area contributed by atoms with Gasteiger partial charge >= 0.3 is 0 Å². The molecule has 0 saturated carbocycles. The van der Waals surface area contributed by atoms with E-state index in [9.17, 15) is 9.59 Å². The molecule has 0 aromatic heterocycles. The number of anilines is 2. The van der Waals surface area contributed by atoms with Crippen LogP contribution in [0.25, 0.3) is 0 Å². The molecule has 4 heteroatoms. The quantitative estimate of drug-likeness (QED) is 0.869. The normalized spacial score (nSPS) is 15.3. The van der Waals surface area contributed by atoms with E-state index >= 15 is 0 Å². The topological polar surface area (TPSA) is 49.4 Å². The zero-order chi connectivity index (χ0) is 17.8. The van der Waals surface area contributed by atoms with Crippen molar-refractivity contribution in [3.8, 4) is 0 Å². The summed E-state index contributed by atoms with van der Waals surface area (Å²) in [6.07, 6.45) is 2.60. The van der Waals surface area contributed by atoms with E-state index in [1.807, 2.05) is 24.3 Å². The lowest BCUT2D eigenvalue weighted by Gasteiger charge is -2.16. The average molecular weight is 336 g/mol. The lowest BCUT2D eigenvalue weighted by atomic mass is 9.98. The number of nitrogens with one attached hydrogen (secondary N) is 1. The maximum Gasteiger partial charge on any atom is 0.255 e. The Kier molecular flexibility index (Phi) is 5.17. The Bertz CT molecular complexity index is 750. The van der Waals surface area contributed by atoms with Crippen LogP contribution < -0.4 is 10.2 Å². The van der Waals surface area contributed by atoms with E-state index in [1.165, 1.54) is 5.56 Å². The van der Waals surface area contributed by atoms with Crippen LogP contribution in [-0.4, -0.2) is 18.4 Å². The van der Waals surface area contributed by atoms with Crippen molar-refractivity contribution in [3.63, 3.8) is 0 Å². The second kappa shape index (κ2) is 7.51. The van der Waals surface area contributed by atoms with E-state index in [0.717, 1.165) is 30.8 Å². The summed E-state index contributed by atoms with van der Waals surface area (Å²) in [5.41, 5.74) is 3.51. The van der Waals surface area contributed by atoms with Crippen LogP contribution in [0.1, 0.15) is 54.9 Å². The predicted molar refractivity (Wildman–Crippen MR) is 101 cm³/mol. The van der Waals surface area contributed by atoms with Gasteiger partial charge in [0.25, 0.3) is 5.91 Å². The molecule has 1 atom stereocenters. The molecule has 25 heavy (non-hydrogen) atoms. The summed E-state index contributed by atoms with van der Waals surface area (Å²) in [5, 5.41) is 2.92. The smallest absolute Gasteiger partial charge is 0.255 e. The fraction of sp³-hybridized carbons (Fsp3) is 0.333. The first kappa shape index (κ1) is 17.2. The van der Waals surface area contributed by atoms with Crippen LogP contribution in [0.5, 0.6) is 0 Å². The van der Waals surface area contributed by atoms with Crippen LogP contribution in [0.15, 0.2) is 48.5 Å². The molecule has 0 aliphatic carbocycles. The molecule has 0 spiro atoms. The van der Waals surface area contributed by atoms with Gasteiger partial charge in [0.05, 0.1) is 0 Å². The van der Waals surface area contributed by atoms with E-state index in [1.54, 1.807) is 17.0 Å². The Balaban J connectivity index is 1.66. The molecule has 0 radical (unpaired) electrons. The average Bonchev–Trinajstić information content (AvgIpc) is 3.07. The van der Waals surface area contributed by atoms with E-state index in [-0.39, 0.29) is 11.8 Å². The molecule has 1 N–H and O–H groups in total. The van der Waals surface area contributed by atoms with Gasteiger partial charge in [-0.2, -0.15) is 0 Å². The maximum atomic E-state index is 12.4. The first-order valence-electron chi connectivity index (χ1n) is 8.90. The monoisotopic (exact) mass is 336 g/mol. The third-order valence-corrected chi connectivity index (χ3v) is 4.86. The lowest BCUT2D eigenvalue weighted by molar-refractivity contribution is -0.117. The summed E-state index contributed by atoms with van der Waals surface area (Å²) in [6.45, 7) is 5.12. The first-order valence-corrected chi connectivity index (χ1v) is 8.90. The highest BCUT2D eigenvalue weighted by Gasteiger charge is 2.21. The molecule has 1 heterocycles. The number of carbonyl (C=O) groups excluding carboxylic acids is 2. The lowest BCUT2D eigenvalue weighted by Crippen LogP contribution is -2.23. The zero-order valence-electron chi connectivity index (χ0n) is 14.8. The number of carbonyl (C=O) groups is 2. The highest BCUT2D eigenvalue weighted by Crippen LogP contribution is 2.23. The molecule has 1 unspecified atom stereocenters. The standard InChI is InChI=1S/C21H24N2O2/c1-3-15(2)16-6-10-18(11-7-16)22-21(25)17-8-12-19(13-9-17)23-14-4-5-20(23)24/h6-13,15H,3-5,14H2,1-2H3,(H,22,25). The Morgan fingerprint density at radius 2 is 1.80 bits per heavy atom. The van der Waals surface area contributed by atoms with Crippen molar-refractivity contribution in [1.82, 2.24) is 0 Å². The molecule has 3 rings (SSSR count). The van der Waals surface area contributed by atoms with E-state index < -0.39 is 0 Å². The Morgan fingerprint density at radius 1 is 1.12 bits per heavy atom. The minimum Gasteiger partial charge on any atom is -0.322 e. The maximum absolute atomic E-state index is 12.4. The van der Waals surface area contributed by atoms with Crippen LogP contribution in [0.4, 0.5) is 11.4 Å². The molecular formula is C21H24N2O2. The van der Waals surface area contributed by atoms with Crippen LogP contribution >= 0.6 is 0 Å². The van der Waals surface area contributed by atoms with Crippen molar-refractivity contribution in [2.45, 2.75) is 39.0 Å². The Hall–Kier alpha value is -2.62. The highest BCUT2D eigenvalue weighted by atomic mass is 16.2. The van der Waals surface area contributed by atoms with Gasteiger partial charge in [0, 0.05) is 29.9 Å². The van der Waals surface area contributed by atoms with Gasteiger partial charge in [-0.05, 0) is 60.7 Å². The molecule has 130 valence electrons. The molecule has 2 aromatic rings. The van der Waals surface area contributed by atoms with E-state index in [4.69, 9.17) is 0 Å². The Labute approximate surface area is 148 Å². The number of benzene rings is 2. The van der Waals surface area contributed by atoms with Gasteiger partial charge in [-0.25, -0.2) is 0 Å². The summed E-state index contributed by atoms with van der Waals surface area (Å²) < 4.78 is 0. The third-order valence-electron chi connectivity index (χ3n) is 4.86. The van der Waals surface area contributed by atoms with Gasteiger partial charge in [-0.1, -0.05) is 26.0 Å². The number of amides is 2. The van der Waals surface area contributed by atoms with Crippen LogP contribution in [-0.2, 0) is 4.79 Å². The van der Waals surface area contributed by atoms with Gasteiger partial charge in [-0.3, -0.25) is 9.59 Å². The number of hydrogen-bond acceptors (Lipinski definition) is 2. The number of nitrogens with zero attached hydrogens (tertiary/aromatic N) is 1. The van der Waals surface area contributed by atoms with Crippen molar-refractivity contribution in [1.29, 1.82) is 0 Å². The fourth-order valence-electron chi connectivity index (χ4n) is 3.05. The van der Waals surface area contributed by atoms with Crippen molar-refractivity contribution < 1.29 is 9.59 Å². The minimum absolute atomic E-state index is 0.143. The van der Waals surface area contributed by atoms with Gasteiger partial charge in [0.15, 0.2) is 0 Å². The third kappa shape index (κ3) is 3.90. The summed E-state index contributed by atoms with van der Waals surface area (Å²) in [7, 11) is 0. The van der Waals surface area contributed by atoms with Crippen molar-refractivity contribution in [2.75, 3.05) is 16.8 Å². The van der Waals surface area contributed by atoms with Crippen LogP contribution in [0, 0.1) is 0 Å². The summed E-state index contributed by atoms with van der Waals surface area (Å²) in [4.78, 5) is 25.9. The Morgan fingerprint density at radius 3 is 2.36 bits per heavy atom. The van der Waals surface area contributed by atoms with Crippen molar-refractivity contribution >= 4 is 23.2 Å². The van der Waals surface area contributed by atoms with E-state index in [0.29, 0.717) is 17.9 Å². The largest absolute Gasteiger partial charge is 0.322 e. The van der Waals surface area contributed by atoms with Crippen molar-refractivity contribution in [2.24, 2.45) is 0 Å².